The molecule has 0 aliphatic carbocycles. The Balaban J connectivity index is 1.23. The van der Waals surface area contributed by atoms with Crippen LogP contribution >= 0.6 is 0 Å². The van der Waals surface area contributed by atoms with Crippen molar-refractivity contribution in [2.75, 3.05) is 0 Å². The van der Waals surface area contributed by atoms with Gasteiger partial charge in [0.1, 0.15) is 0 Å². The predicted molar refractivity (Wildman–Crippen MR) is 223 cm³/mol. The van der Waals surface area contributed by atoms with Crippen molar-refractivity contribution in [2.45, 2.75) is 52.4 Å². The highest BCUT2D eigenvalue weighted by molar-refractivity contribution is 6.11. The lowest BCUT2D eigenvalue weighted by molar-refractivity contribution is 0.590. The summed E-state index contributed by atoms with van der Waals surface area (Å²) in [5.41, 5.74) is 14.9. The standard InChI is InChI=1S/C50H44N2/c1-49(2,3)36-24-27-46-42(31-36)43-32-37(50(4,5)6)25-28-47(43)52(46)44-21-12-10-19-39(44)35-16-14-15-33(29-35)34-23-26-41-40-20-11-13-22-45(40)51(48(41)30-34)38-17-8-7-9-18-38/h7-32H,1-6H3. The fourth-order valence-corrected chi connectivity index (χ4v) is 8.00. The van der Waals surface area contributed by atoms with Gasteiger partial charge in [0, 0.05) is 32.8 Å². The Morgan fingerprint density at radius 3 is 1.60 bits per heavy atom. The number of para-hydroxylation sites is 3. The number of hydrogen-bond acceptors (Lipinski definition) is 0. The van der Waals surface area contributed by atoms with Crippen molar-refractivity contribution in [1.82, 2.24) is 9.13 Å². The van der Waals surface area contributed by atoms with E-state index in [4.69, 9.17) is 0 Å². The van der Waals surface area contributed by atoms with Gasteiger partial charge in [-0.3, -0.25) is 0 Å². The maximum absolute atomic E-state index is 2.48. The summed E-state index contributed by atoms with van der Waals surface area (Å²) in [6.45, 7) is 13.8. The molecule has 9 rings (SSSR count). The van der Waals surface area contributed by atoms with Crippen LogP contribution in [-0.4, -0.2) is 9.13 Å². The normalized spacial score (nSPS) is 12.4. The number of fused-ring (bicyclic) bond motifs is 6. The highest BCUT2D eigenvalue weighted by Gasteiger charge is 2.22. The molecule has 7 aromatic carbocycles. The average molecular weight is 673 g/mol. The van der Waals surface area contributed by atoms with E-state index in [1.165, 1.54) is 88.4 Å². The van der Waals surface area contributed by atoms with Gasteiger partial charge < -0.3 is 9.13 Å². The molecule has 9 aromatic rings. The predicted octanol–water partition coefficient (Wildman–Crippen LogP) is 13.8. The minimum absolute atomic E-state index is 0.0566. The molecule has 0 aliphatic heterocycles. The second-order valence-corrected chi connectivity index (χ2v) is 16.3. The van der Waals surface area contributed by atoms with Crippen LogP contribution in [-0.2, 0) is 10.8 Å². The van der Waals surface area contributed by atoms with Gasteiger partial charge in [0.25, 0.3) is 0 Å². The van der Waals surface area contributed by atoms with Crippen molar-refractivity contribution < 1.29 is 0 Å². The van der Waals surface area contributed by atoms with Crippen molar-refractivity contribution in [3.8, 4) is 33.6 Å². The van der Waals surface area contributed by atoms with Gasteiger partial charge in [-0.1, -0.05) is 139 Å². The SMILES string of the molecule is CC(C)(C)c1ccc2c(c1)c1cc(C(C)(C)C)ccc1n2-c1ccccc1-c1cccc(-c2ccc3c4ccccc4n(-c4ccccc4)c3c2)c1. The first-order valence-corrected chi connectivity index (χ1v) is 18.4. The van der Waals surface area contributed by atoms with Crippen molar-refractivity contribution in [2.24, 2.45) is 0 Å². The summed E-state index contributed by atoms with van der Waals surface area (Å²) in [5, 5.41) is 5.14. The molecule has 52 heavy (non-hydrogen) atoms. The maximum Gasteiger partial charge on any atom is 0.0547 e. The summed E-state index contributed by atoms with van der Waals surface area (Å²) in [4.78, 5) is 0. The first kappa shape index (κ1) is 32.1. The Labute approximate surface area is 306 Å². The summed E-state index contributed by atoms with van der Waals surface area (Å²) in [6, 6.07) is 58.5. The van der Waals surface area contributed by atoms with E-state index in [1.54, 1.807) is 0 Å². The lowest BCUT2D eigenvalue weighted by Gasteiger charge is -2.19. The summed E-state index contributed by atoms with van der Waals surface area (Å²) in [6.07, 6.45) is 0. The van der Waals surface area contributed by atoms with E-state index in [9.17, 15) is 0 Å². The molecule has 0 saturated heterocycles. The zero-order valence-electron chi connectivity index (χ0n) is 30.9. The number of rotatable bonds is 4. The molecule has 254 valence electrons. The van der Waals surface area contributed by atoms with Crippen LogP contribution in [0.2, 0.25) is 0 Å². The molecule has 0 unspecified atom stereocenters. The van der Waals surface area contributed by atoms with E-state index >= 15 is 0 Å². The summed E-state index contributed by atoms with van der Waals surface area (Å²) < 4.78 is 4.88. The van der Waals surface area contributed by atoms with E-state index in [1.807, 2.05) is 0 Å². The quantitative estimate of drug-likeness (QED) is 0.176. The molecule has 2 heteroatoms. The molecule has 0 bridgehead atoms. The third-order valence-electron chi connectivity index (χ3n) is 10.8. The van der Waals surface area contributed by atoms with Crippen molar-refractivity contribution >= 4 is 43.6 Å². The van der Waals surface area contributed by atoms with Gasteiger partial charge in [0.05, 0.1) is 27.8 Å². The molecule has 2 aromatic heterocycles. The smallest absolute Gasteiger partial charge is 0.0547 e. The third-order valence-corrected chi connectivity index (χ3v) is 10.8. The van der Waals surface area contributed by atoms with Crippen LogP contribution in [0.25, 0.3) is 77.2 Å². The number of aromatic nitrogens is 2. The van der Waals surface area contributed by atoms with Gasteiger partial charge in [-0.05, 0) is 99.3 Å². The van der Waals surface area contributed by atoms with Crippen LogP contribution in [0.4, 0.5) is 0 Å². The number of benzene rings is 7. The maximum atomic E-state index is 2.48. The van der Waals surface area contributed by atoms with E-state index in [2.05, 4.69) is 208 Å². The van der Waals surface area contributed by atoms with Gasteiger partial charge in [0.15, 0.2) is 0 Å². The zero-order valence-corrected chi connectivity index (χ0v) is 30.9. The Morgan fingerprint density at radius 2 is 0.904 bits per heavy atom. The molecule has 0 amide bonds. The highest BCUT2D eigenvalue weighted by atomic mass is 15.0. The second kappa shape index (κ2) is 11.9. The van der Waals surface area contributed by atoms with Crippen LogP contribution in [0.5, 0.6) is 0 Å². The Morgan fingerprint density at radius 1 is 0.346 bits per heavy atom. The minimum Gasteiger partial charge on any atom is -0.309 e. The van der Waals surface area contributed by atoms with Gasteiger partial charge in [-0.15, -0.1) is 0 Å². The second-order valence-electron chi connectivity index (χ2n) is 16.3. The van der Waals surface area contributed by atoms with Crippen molar-refractivity contribution in [3.05, 3.63) is 169 Å². The van der Waals surface area contributed by atoms with E-state index in [0.717, 1.165) is 0 Å². The Kier molecular flexibility index (Phi) is 7.31. The molecule has 0 saturated carbocycles. The van der Waals surface area contributed by atoms with E-state index < -0.39 is 0 Å². The lowest BCUT2D eigenvalue weighted by atomic mass is 9.85. The Bertz CT molecular complexity index is 2720. The third kappa shape index (κ3) is 5.25. The van der Waals surface area contributed by atoms with Gasteiger partial charge in [-0.2, -0.15) is 0 Å². The highest BCUT2D eigenvalue weighted by Crippen LogP contribution is 2.41. The van der Waals surface area contributed by atoms with Crippen molar-refractivity contribution in [1.29, 1.82) is 0 Å². The number of hydrogen-bond donors (Lipinski definition) is 0. The van der Waals surface area contributed by atoms with Crippen LogP contribution in [0.1, 0.15) is 52.7 Å². The number of nitrogens with zero attached hydrogens (tertiary/aromatic N) is 2. The summed E-state index contributed by atoms with van der Waals surface area (Å²) >= 11 is 0. The van der Waals surface area contributed by atoms with Gasteiger partial charge >= 0.3 is 0 Å². The molecule has 0 atom stereocenters. The van der Waals surface area contributed by atoms with E-state index in [-0.39, 0.29) is 10.8 Å². The summed E-state index contributed by atoms with van der Waals surface area (Å²) in [7, 11) is 0. The monoisotopic (exact) mass is 672 g/mol. The molecule has 0 fully saturated rings. The van der Waals surface area contributed by atoms with E-state index in [0.29, 0.717) is 0 Å². The molecule has 0 aliphatic rings. The molecule has 0 N–H and O–H groups in total. The van der Waals surface area contributed by atoms with Gasteiger partial charge in [0.2, 0.25) is 0 Å². The van der Waals surface area contributed by atoms with Gasteiger partial charge in [-0.25, -0.2) is 0 Å². The molecule has 2 heterocycles. The van der Waals surface area contributed by atoms with Crippen molar-refractivity contribution in [3.63, 3.8) is 0 Å². The lowest BCUT2D eigenvalue weighted by Crippen LogP contribution is -2.10. The first-order chi connectivity index (χ1) is 25.1. The first-order valence-electron chi connectivity index (χ1n) is 18.4. The molecular formula is C50H44N2. The average Bonchev–Trinajstić information content (AvgIpc) is 3.66. The van der Waals surface area contributed by atoms with Crippen LogP contribution in [0, 0.1) is 0 Å². The Hall–Kier alpha value is -5.86. The topological polar surface area (TPSA) is 9.86 Å². The summed E-state index contributed by atoms with van der Waals surface area (Å²) in [5.74, 6) is 0. The molecule has 0 radical (unpaired) electrons. The molecule has 2 nitrogen and oxygen atoms in total. The fourth-order valence-electron chi connectivity index (χ4n) is 8.00. The fraction of sp³-hybridized carbons (Fsp3) is 0.160. The molecule has 0 spiro atoms. The van der Waals surface area contributed by atoms with Crippen LogP contribution in [0.3, 0.4) is 0 Å². The largest absolute Gasteiger partial charge is 0.309 e. The van der Waals surface area contributed by atoms with Crippen LogP contribution < -0.4 is 0 Å². The zero-order chi connectivity index (χ0) is 35.8. The van der Waals surface area contributed by atoms with Crippen LogP contribution in [0.15, 0.2) is 158 Å². The minimum atomic E-state index is 0.0566. The molecular weight excluding hydrogens is 629 g/mol.